The normalized spacial score (nSPS) is 14.1. The molecule has 2 aromatic heterocycles. The molecule has 8 nitrogen and oxygen atoms in total. The van der Waals surface area contributed by atoms with E-state index < -0.39 is 0 Å². The molecular formula is C20H22N4O4S. The summed E-state index contributed by atoms with van der Waals surface area (Å²) in [5, 5.41) is 3.40. The van der Waals surface area contributed by atoms with Gasteiger partial charge in [-0.05, 0) is 25.1 Å². The molecular weight excluding hydrogens is 392 g/mol. The molecule has 3 aromatic rings. The van der Waals surface area contributed by atoms with Crippen LogP contribution in [-0.4, -0.2) is 55.9 Å². The van der Waals surface area contributed by atoms with Gasteiger partial charge in [0, 0.05) is 30.9 Å². The molecule has 1 saturated heterocycles. The number of anilines is 2. The van der Waals surface area contributed by atoms with Gasteiger partial charge in [0.25, 0.3) is 5.91 Å². The zero-order valence-corrected chi connectivity index (χ0v) is 17.1. The second-order valence-electron chi connectivity index (χ2n) is 6.35. The highest BCUT2D eigenvalue weighted by Crippen LogP contribution is 2.39. The van der Waals surface area contributed by atoms with Gasteiger partial charge in [0.05, 0.1) is 37.3 Å². The first kappa shape index (κ1) is 19.4. The molecule has 152 valence electrons. The van der Waals surface area contributed by atoms with Crippen molar-refractivity contribution in [2.24, 2.45) is 0 Å². The first-order valence-electron chi connectivity index (χ1n) is 9.40. The summed E-state index contributed by atoms with van der Waals surface area (Å²) in [6.07, 6.45) is 1.55. The number of amides is 1. The maximum Gasteiger partial charge on any atom is 0.257 e. The number of aromatic nitrogens is 2. The van der Waals surface area contributed by atoms with Crippen LogP contribution in [0.5, 0.6) is 11.6 Å². The Morgan fingerprint density at radius 1 is 1.31 bits per heavy atom. The van der Waals surface area contributed by atoms with Crippen LogP contribution in [0.15, 0.2) is 30.5 Å². The predicted octanol–water partition coefficient (Wildman–Crippen LogP) is 3.19. The molecule has 0 aliphatic carbocycles. The lowest BCUT2D eigenvalue weighted by atomic mass is 10.2. The van der Waals surface area contributed by atoms with Crippen LogP contribution in [0.3, 0.4) is 0 Å². The van der Waals surface area contributed by atoms with Crippen LogP contribution in [-0.2, 0) is 4.74 Å². The lowest BCUT2D eigenvalue weighted by Gasteiger charge is -2.29. The van der Waals surface area contributed by atoms with E-state index in [1.54, 1.807) is 25.4 Å². The van der Waals surface area contributed by atoms with Crippen LogP contribution in [0.1, 0.15) is 17.3 Å². The van der Waals surface area contributed by atoms with Gasteiger partial charge in [-0.3, -0.25) is 10.1 Å². The molecule has 1 aliphatic rings. The largest absolute Gasteiger partial charge is 0.494 e. The number of ether oxygens (including phenoxy) is 3. The maximum atomic E-state index is 12.7. The number of methoxy groups -OCH3 is 1. The van der Waals surface area contributed by atoms with E-state index >= 15 is 0 Å². The molecule has 29 heavy (non-hydrogen) atoms. The average molecular weight is 414 g/mol. The summed E-state index contributed by atoms with van der Waals surface area (Å²) in [6.45, 7) is 5.38. The summed E-state index contributed by atoms with van der Waals surface area (Å²) >= 11 is 1.43. The molecule has 0 saturated carbocycles. The number of morpholine rings is 1. The summed E-state index contributed by atoms with van der Waals surface area (Å²) in [7, 11) is 1.62. The van der Waals surface area contributed by atoms with Crippen molar-refractivity contribution in [1.82, 2.24) is 9.97 Å². The minimum Gasteiger partial charge on any atom is -0.494 e. The number of rotatable bonds is 6. The minimum absolute atomic E-state index is 0.265. The highest BCUT2D eigenvalue weighted by atomic mass is 32.1. The number of carbonyl (C=O) groups excluding carboxylic acids is 1. The van der Waals surface area contributed by atoms with Crippen LogP contribution >= 0.6 is 11.3 Å². The predicted molar refractivity (Wildman–Crippen MR) is 113 cm³/mol. The van der Waals surface area contributed by atoms with E-state index in [1.165, 1.54) is 11.3 Å². The van der Waals surface area contributed by atoms with Crippen molar-refractivity contribution in [3.8, 4) is 11.6 Å². The summed E-state index contributed by atoms with van der Waals surface area (Å²) in [5.41, 5.74) is 2.27. The molecule has 0 bridgehead atoms. The zero-order valence-electron chi connectivity index (χ0n) is 16.3. The second kappa shape index (κ2) is 8.62. The number of hydrogen-bond acceptors (Lipinski definition) is 8. The summed E-state index contributed by atoms with van der Waals surface area (Å²) in [4.78, 5) is 23.7. The molecule has 0 radical (unpaired) electrons. The fourth-order valence-corrected chi connectivity index (χ4v) is 4.21. The van der Waals surface area contributed by atoms with E-state index in [9.17, 15) is 4.79 Å². The third-order valence-corrected chi connectivity index (χ3v) is 5.56. The Bertz CT molecular complexity index is 1020. The Kier molecular flexibility index (Phi) is 5.77. The standard InChI is InChI=1S/C20H22N4O4S/c1-3-28-16-12-13(6-7-21-16)19(25)23-20-22-17-15(26-2)5-4-14(18(17)29-20)24-8-10-27-11-9-24/h4-7,12H,3,8-11H2,1-2H3,(H,22,23,25). The highest BCUT2D eigenvalue weighted by molar-refractivity contribution is 7.23. The SMILES string of the molecule is CCOc1cc(C(=O)Nc2nc3c(OC)ccc(N4CCOCC4)c3s2)ccn1. The van der Waals surface area contributed by atoms with Gasteiger partial charge in [-0.2, -0.15) is 0 Å². The Hall–Kier alpha value is -2.91. The zero-order chi connectivity index (χ0) is 20.2. The van der Waals surface area contributed by atoms with Crippen LogP contribution in [0.2, 0.25) is 0 Å². The fourth-order valence-electron chi connectivity index (χ4n) is 3.19. The van der Waals surface area contributed by atoms with Crippen molar-refractivity contribution in [3.63, 3.8) is 0 Å². The topological polar surface area (TPSA) is 85.8 Å². The molecule has 1 amide bonds. The fraction of sp³-hybridized carbons (Fsp3) is 0.350. The van der Waals surface area contributed by atoms with Crippen LogP contribution in [0, 0.1) is 0 Å². The molecule has 0 atom stereocenters. The molecule has 1 aliphatic heterocycles. The van der Waals surface area contributed by atoms with E-state index in [2.05, 4.69) is 20.2 Å². The molecule has 4 rings (SSSR count). The third kappa shape index (κ3) is 4.10. The quantitative estimate of drug-likeness (QED) is 0.663. The number of nitrogens with zero attached hydrogens (tertiary/aromatic N) is 3. The van der Waals surface area contributed by atoms with Gasteiger partial charge in [-0.25, -0.2) is 9.97 Å². The van der Waals surface area contributed by atoms with Crippen LogP contribution < -0.4 is 19.7 Å². The molecule has 1 aromatic carbocycles. The van der Waals surface area contributed by atoms with E-state index in [-0.39, 0.29) is 5.91 Å². The van der Waals surface area contributed by atoms with Crippen molar-refractivity contribution in [3.05, 3.63) is 36.0 Å². The van der Waals surface area contributed by atoms with Gasteiger partial charge in [0.1, 0.15) is 11.3 Å². The lowest BCUT2D eigenvalue weighted by molar-refractivity contribution is 0.102. The molecule has 0 spiro atoms. The van der Waals surface area contributed by atoms with E-state index in [4.69, 9.17) is 14.2 Å². The van der Waals surface area contributed by atoms with Gasteiger partial charge in [-0.15, -0.1) is 0 Å². The van der Waals surface area contributed by atoms with Gasteiger partial charge in [0.2, 0.25) is 5.88 Å². The summed E-state index contributed by atoms with van der Waals surface area (Å²) < 4.78 is 17.3. The van der Waals surface area contributed by atoms with Crippen LogP contribution in [0.25, 0.3) is 10.2 Å². The number of pyridine rings is 1. The lowest BCUT2D eigenvalue weighted by Crippen LogP contribution is -2.36. The number of benzene rings is 1. The van der Waals surface area contributed by atoms with E-state index in [0.29, 0.717) is 42.1 Å². The number of carbonyl (C=O) groups is 1. The third-order valence-electron chi connectivity index (χ3n) is 4.57. The molecule has 3 heterocycles. The number of nitrogens with one attached hydrogen (secondary N) is 1. The van der Waals surface area contributed by atoms with E-state index in [1.807, 2.05) is 19.1 Å². The van der Waals surface area contributed by atoms with Gasteiger partial charge in [0.15, 0.2) is 5.13 Å². The van der Waals surface area contributed by atoms with Crippen LogP contribution in [0.4, 0.5) is 10.8 Å². The Balaban J connectivity index is 1.64. The molecule has 1 N–H and O–H groups in total. The average Bonchev–Trinajstić information content (AvgIpc) is 3.17. The minimum atomic E-state index is -0.265. The van der Waals surface area contributed by atoms with Crippen molar-refractivity contribution < 1.29 is 19.0 Å². The molecule has 1 fully saturated rings. The molecule has 0 unspecified atom stereocenters. The van der Waals surface area contributed by atoms with Crippen molar-refractivity contribution in [1.29, 1.82) is 0 Å². The van der Waals surface area contributed by atoms with Gasteiger partial charge < -0.3 is 19.1 Å². The van der Waals surface area contributed by atoms with Gasteiger partial charge in [-0.1, -0.05) is 11.3 Å². The number of hydrogen-bond donors (Lipinski definition) is 1. The first-order valence-corrected chi connectivity index (χ1v) is 10.2. The summed E-state index contributed by atoms with van der Waals surface area (Å²) in [5.74, 6) is 0.830. The van der Waals surface area contributed by atoms with Crippen molar-refractivity contribution >= 4 is 38.3 Å². The molecule has 9 heteroatoms. The van der Waals surface area contributed by atoms with Crippen molar-refractivity contribution in [2.75, 3.05) is 50.2 Å². The maximum absolute atomic E-state index is 12.7. The van der Waals surface area contributed by atoms with Crippen molar-refractivity contribution in [2.45, 2.75) is 6.92 Å². The number of fused-ring (bicyclic) bond motifs is 1. The highest BCUT2D eigenvalue weighted by Gasteiger charge is 2.20. The monoisotopic (exact) mass is 414 g/mol. The Labute approximate surface area is 172 Å². The first-order chi connectivity index (χ1) is 14.2. The van der Waals surface area contributed by atoms with E-state index in [0.717, 1.165) is 29.0 Å². The number of thiazole rings is 1. The second-order valence-corrected chi connectivity index (χ2v) is 7.35. The smallest absolute Gasteiger partial charge is 0.257 e. The van der Waals surface area contributed by atoms with Gasteiger partial charge >= 0.3 is 0 Å². The Morgan fingerprint density at radius 2 is 2.14 bits per heavy atom. The summed E-state index contributed by atoms with van der Waals surface area (Å²) in [6, 6.07) is 7.21. The Morgan fingerprint density at radius 3 is 2.90 bits per heavy atom.